The monoisotopic (exact) mass is 292 g/mol. The van der Waals surface area contributed by atoms with E-state index in [-0.39, 0.29) is 0 Å². The Morgan fingerprint density at radius 2 is 1.95 bits per heavy atom. The largest absolute Gasteiger partial charge is 0.370 e. The molecule has 0 aliphatic carbocycles. The quantitative estimate of drug-likeness (QED) is 0.799. The fraction of sp³-hybridized carbons (Fsp3) is 0.562. The molecule has 4 heteroatoms. The van der Waals surface area contributed by atoms with Crippen molar-refractivity contribution >= 4 is 23.6 Å². The van der Waals surface area contributed by atoms with Crippen molar-refractivity contribution in [2.24, 2.45) is 0 Å². The van der Waals surface area contributed by atoms with Crippen molar-refractivity contribution in [1.82, 2.24) is 4.90 Å². The van der Waals surface area contributed by atoms with Crippen LogP contribution in [0.5, 0.6) is 0 Å². The normalized spacial score (nSPS) is 24.1. The zero-order chi connectivity index (χ0) is 13.9. The first-order valence-corrected chi connectivity index (χ1v) is 7.89. The van der Waals surface area contributed by atoms with Crippen LogP contribution in [0.4, 0.5) is 5.69 Å². The molecular formula is C16H21ClN2O. The SMILES string of the molecule is O=Cc1ccc(N2CCC(N3CCCCC3)C2)cc1Cl. The van der Waals surface area contributed by atoms with Crippen LogP contribution in [-0.2, 0) is 0 Å². The summed E-state index contributed by atoms with van der Waals surface area (Å²) in [7, 11) is 0. The maximum absolute atomic E-state index is 10.8. The topological polar surface area (TPSA) is 23.6 Å². The summed E-state index contributed by atoms with van der Waals surface area (Å²) < 4.78 is 0. The Labute approximate surface area is 125 Å². The zero-order valence-corrected chi connectivity index (χ0v) is 12.5. The molecule has 0 amide bonds. The minimum atomic E-state index is 0.555. The van der Waals surface area contributed by atoms with Gasteiger partial charge in [-0.05, 0) is 50.6 Å². The van der Waals surface area contributed by atoms with Crippen LogP contribution in [0.3, 0.4) is 0 Å². The molecule has 2 heterocycles. The van der Waals surface area contributed by atoms with Crippen molar-refractivity contribution in [1.29, 1.82) is 0 Å². The Kier molecular flexibility index (Phi) is 4.27. The van der Waals surface area contributed by atoms with Crippen LogP contribution in [0.1, 0.15) is 36.0 Å². The summed E-state index contributed by atoms with van der Waals surface area (Å²) in [5.74, 6) is 0. The number of benzene rings is 1. The van der Waals surface area contributed by atoms with Crippen molar-refractivity contribution in [3.63, 3.8) is 0 Å². The lowest BCUT2D eigenvalue weighted by molar-refractivity contribution is 0.112. The third kappa shape index (κ3) is 2.84. The van der Waals surface area contributed by atoms with E-state index < -0.39 is 0 Å². The molecule has 2 aliphatic rings. The second-order valence-corrected chi connectivity index (χ2v) is 6.22. The van der Waals surface area contributed by atoms with Crippen molar-refractivity contribution in [2.75, 3.05) is 31.1 Å². The summed E-state index contributed by atoms with van der Waals surface area (Å²) in [6.45, 7) is 4.67. The van der Waals surface area contributed by atoms with Crippen LogP contribution >= 0.6 is 11.6 Å². The van der Waals surface area contributed by atoms with Crippen LogP contribution in [-0.4, -0.2) is 43.4 Å². The van der Waals surface area contributed by atoms with Crippen LogP contribution < -0.4 is 4.90 Å². The van der Waals surface area contributed by atoms with E-state index in [1.165, 1.54) is 38.8 Å². The summed E-state index contributed by atoms with van der Waals surface area (Å²) in [5.41, 5.74) is 1.71. The Bertz CT molecular complexity index is 485. The van der Waals surface area contributed by atoms with Crippen molar-refractivity contribution in [3.05, 3.63) is 28.8 Å². The van der Waals surface area contributed by atoms with Gasteiger partial charge in [0.2, 0.25) is 0 Å². The standard InChI is InChI=1S/C16H21ClN2O/c17-16-10-14(5-4-13(16)12-20)19-9-6-15(11-19)18-7-2-1-3-8-18/h4-5,10,12,15H,1-3,6-9,11H2. The van der Waals surface area contributed by atoms with Crippen LogP contribution in [0.15, 0.2) is 18.2 Å². The first kappa shape index (κ1) is 13.9. The van der Waals surface area contributed by atoms with E-state index in [0.29, 0.717) is 16.6 Å². The Hall–Kier alpha value is -1.06. The number of nitrogens with zero attached hydrogens (tertiary/aromatic N) is 2. The van der Waals surface area contributed by atoms with Gasteiger partial charge in [-0.2, -0.15) is 0 Å². The molecule has 3 rings (SSSR count). The lowest BCUT2D eigenvalue weighted by Gasteiger charge is -2.32. The number of anilines is 1. The van der Waals surface area contributed by atoms with E-state index in [0.717, 1.165) is 25.1 Å². The average molecular weight is 293 g/mol. The summed E-state index contributed by atoms with van der Waals surface area (Å²) in [6.07, 6.45) is 6.11. The van der Waals surface area contributed by atoms with E-state index in [1.807, 2.05) is 18.2 Å². The number of carbonyl (C=O) groups is 1. The predicted molar refractivity (Wildman–Crippen MR) is 82.9 cm³/mol. The third-order valence-corrected chi connectivity index (χ3v) is 4.87. The number of hydrogen-bond donors (Lipinski definition) is 0. The summed E-state index contributed by atoms with van der Waals surface area (Å²) in [5, 5.41) is 0.555. The molecule has 0 bridgehead atoms. The van der Waals surface area contributed by atoms with Gasteiger partial charge >= 0.3 is 0 Å². The molecular weight excluding hydrogens is 272 g/mol. The van der Waals surface area contributed by atoms with Gasteiger partial charge in [0, 0.05) is 30.4 Å². The molecule has 2 fully saturated rings. The smallest absolute Gasteiger partial charge is 0.151 e. The maximum atomic E-state index is 10.8. The summed E-state index contributed by atoms with van der Waals surface area (Å²) >= 11 is 6.12. The minimum Gasteiger partial charge on any atom is -0.370 e. The number of aldehydes is 1. The van der Waals surface area contributed by atoms with Gasteiger partial charge < -0.3 is 4.90 Å². The lowest BCUT2D eigenvalue weighted by Crippen LogP contribution is -2.40. The summed E-state index contributed by atoms with van der Waals surface area (Å²) in [4.78, 5) is 15.8. The van der Waals surface area contributed by atoms with Gasteiger partial charge in [0.25, 0.3) is 0 Å². The number of likely N-dealkylation sites (tertiary alicyclic amines) is 1. The van der Waals surface area contributed by atoms with Gasteiger partial charge in [-0.1, -0.05) is 18.0 Å². The number of rotatable bonds is 3. The molecule has 1 unspecified atom stereocenters. The predicted octanol–water partition coefficient (Wildman–Crippen LogP) is 3.22. The van der Waals surface area contributed by atoms with E-state index in [9.17, 15) is 4.79 Å². The molecule has 1 aromatic rings. The molecule has 2 saturated heterocycles. The molecule has 108 valence electrons. The zero-order valence-electron chi connectivity index (χ0n) is 11.7. The second-order valence-electron chi connectivity index (χ2n) is 5.81. The highest BCUT2D eigenvalue weighted by Gasteiger charge is 2.28. The molecule has 20 heavy (non-hydrogen) atoms. The maximum Gasteiger partial charge on any atom is 0.151 e. The molecule has 0 N–H and O–H groups in total. The Morgan fingerprint density at radius 3 is 2.65 bits per heavy atom. The summed E-state index contributed by atoms with van der Waals surface area (Å²) in [6, 6.07) is 6.43. The highest BCUT2D eigenvalue weighted by molar-refractivity contribution is 6.33. The van der Waals surface area contributed by atoms with E-state index >= 15 is 0 Å². The fourth-order valence-corrected chi connectivity index (χ4v) is 3.59. The molecule has 0 saturated carbocycles. The molecule has 3 nitrogen and oxygen atoms in total. The highest BCUT2D eigenvalue weighted by atomic mass is 35.5. The fourth-order valence-electron chi connectivity index (χ4n) is 3.37. The number of halogens is 1. The van der Waals surface area contributed by atoms with Gasteiger partial charge in [-0.15, -0.1) is 0 Å². The number of carbonyl (C=O) groups excluding carboxylic acids is 1. The first-order valence-electron chi connectivity index (χ1n) is 7.51. The number of piperidine rings is 1. The number of hydrogen-bond acceptors (Lipinski definition) is 3. The van der Waals surface area contributed by atoms with Crippen molar-refractivity contribution in [2.45, 2.75) is 31.7 Å². The van der Waals surface area contributed by atoms with Crippen molar-refractivity contribution in [3.8, 4) is 0 Å². The minimum absolute atomic E-state index is 0.555. The van der Waals surface area contributed by atoms with Gasteiger partial charge in [0.1, 0.15) is 0 Å². The Balaban J connectivity index is 1.67. The Morgan fingerprint density at radius 1 is 1.15 bits per heavy atom. The molecule has 1 atom stereocenters. The van der Waals surface area contributed by atoms with Gasteiger partial charge in [0.15, 0.2) is 6.29 Å². The molecule has 0 aromatic heterocycles. The highest BCUT2D eigenvalue weighted by Crippen LogP contribution is 2.28. The second kappa shape index (κ2) is 6.15. The van der Waals surface area contributed by atoms with E-state index in [2.05, 4.69) is 9.80 Å². The lowest BCUT2D eigenvalue weighted by atomic mass is 10.1. The molecule has 0 spiro atoms. The molecule has 2 aliphatic heterocycles. The van der Waals surface area contributed by atoms with Gasteiger partial charge in [-0.3, -0.25) is 9.69 Å². The van der Waals surface area contributed by atoms with Gasteiger partial charge in [0.05, 0.1) is 5.02 Å². The van der Waals surface area contributed by atoms with Crippen LogP contribution in [0.2, 0.25) is 5.02 Å². The average Bonchev–Trinajstić information content (AvgIpc) is 2.98. The first-order chi connectivity index (χ1) is 9.78. The van der Waals surface area contributed by atoms with Gasteiger partial charge in [-0.25, -0.2) is 0 Å². The molecule has 1 aromatic carbocycles. The third-order valence-electron chi connectivity index (χ3n) is 4.55. The van der Waals surface area contributed by atoms with E-state index in [1.54, 1.807) is 0 Å². The van der Waals surface area contributed by atoms with Crippen LogP contribution in [0, 0.1) is 0 Å². The molecule has 0 radical (unpaired) electrons. The van der Waals surface area contributed by atoms with E-state index in [4.69, 9.17) is 11.6 Å². The van der Waals surface area contributed by atoms with Crippen LogP contribution in [0.25, 0.3) is 0 Å². The van der Waals surface area contributed by atoms with Crippen molar-refractivity contribution < 1.29 is 4.79 Å².